The topological polar surface area (TPSA) is 20.3 Å². The minimum Gasteiger partial charge on any atom is -0.302 e. The average molecular weight is 233 g/mol. The van der Waals surface area contributed by atoms with E-state index in [4.69, 9.17) is 0 Å². The molecule has 2 heteroatoms. The molecule has 1 aromatic carbocycles. The van der Waals surface area contributed by atoms with Gasteiger partial charge in [0.25, 0.3) is 0 Å². The van der Waals surface area contributed by atoms with Crippen LogP contribution in [-0.2, 0) is 4.79 Å². The molecule has 1 aromatic rings. The second kappa shape index (κ2) is 5.46. The first kappa shape index (κ1) is 13.9. The highest BCUT2D eigenvalue weighted by Crippen LogP contribution is 2.29. The molecule has 1 rings (SSSR count). The molecule has 0 radical (unpaired) electrons. The lowest BCUT2D eigenvalue weighted by molar-refractivity contribution is -0.118. The fourth-order valence-corrected chi connectivity index (χ4v) is 2.53. The van der Waals surface area contributed by atoms with Gasteiger partial charge < -0.3 is 4.90 Å². The van der Waals surface area contributed by atoms with Crippen LogP contribution in [0.25, 0.3) is 0 Å². The van der Waals surface area contributed by atoms with Gasteiger partial charge in [-0.25, -0.2) is 0 Å². The van der Waals surface area contributed by atoms with Crippen LogP contribution in [0.1, 0.15) is 41.6 Å². The third-order valence-corrected chi connectivity index (χ3v) is 3.18. The van der Waals surface area contributed by atoms with Crippen molar-refractivity contribution in [1.82, 2.24) is 4.90 Å². The van der Waals surface area contributed by atoms with E-state index in [0.717, 1.165) is 0 Å². The second-order valence-electron chi connectivity index (χ2n) is 5.20. The Balaban J connectivity index is 3.23. The standard InChI is InChI=1S/C15H23NO/c1-10-7-11(2)15(12(3)8-10)14(16(5)6)9-13(4)17/h7-8,14H,9H2,1-6H3. The van der Waals surface area contributed by atoms with E-state index in [2.05, 4.69) is 37.8 Å². The number of carbonyl (C=O) groups is 1. The maximum atomic E-state index is 11.4. The smallest absolute Gasteiger partial charge is 0.131 e. The molecular formula is C15H23NO. The third-order valence-electron chi connectivity index (χ3n) is 3.18. The lowest BCUT2D eigenvalue weighted by Gasteiger charge is -2.27. The lowest BCUT2D eigenvalue weighted by Crippen LogP contribution is -2.23. The summed E-state index contributed by atoms with van der Waals surface area (Å²) in [6.07, 6.45) is 0.581. The fraction of sp³-hybridized carbons (Fsp3) is 0.533. The molecule has 94 valence electrons. The zero-order chi connectivity index (χ0) is 13.2. The molecule has 0 N–H and O–H groups in total. The normalized spacial score (nSPS) is 12.9. The Morgan fingerprint density at radius 3 is 2.00 bits per heavy atom. The van der Waals surface area contributed by atoms with E-state index in [0.29, 0.717) is 6.42 Å². The summed E-state index contributed by atoms with van der Waals surface area (Å²) < 4.78 is 0. The Morgan fingerprint density at radius 2 is 1.65 bits per heavy atom. The van der Waals surface area contributed by atoms with E-state index in [1.807, 2.05) is 14.1 Å². The van der Waals surface area contributed by atoms with Crippen molar-refractivity contribution in [1.29, 1.82) is 0 Å². The summed E-state index contributed by atoms with van der Waals surface area (Å²) >= 11 is 0. The van der Waals surface area contributed by atoms with Gasteiger partial charge in [-0.3, -0.25) is 4.79 Å². The van der Waals surface area contributed by atoms with E-state index in [1.165, 1.54) is 22.3 Å². The molecule has 0 aliphatic carbocycles. The van der Waals surface area contributed by atoms with Crippen molar-refractivity contribution in [3.05, 3.63) is 34.4 Å². The van der Waals surface area contributed by atoms with Gasteiger partial charge >= 0.3 is 0 Å². The average Bonchev–Trinajstić information content (AvgIpc) is 2.13. The molecule has 0 amide bonds. The molecule has 0 saturated heterocycles. The zero-order valence-corrected chi connectivity index (χ0v) is 11.8. The summed E-state index contributed by atoms with van der Waals surface area (Å²) in [7, 11) is 4.07. The first-order chi connectivity index (χ1) is 7.82. The number of ketones is 1. The van der Waals surface area contributed by atoms with Crippen molar-refractivity contribution in [3.8, 4) is 0 Å². The number of aryl methyl sites for hydroxylation is 3. The molecule has 0 bridgehead atoms. The summed E-state index contributed by atoms with van der Waals surface area (Å²) in [4.78, 5) is 13.5. The largest absolute Gasteiger partial charge is 0.302 e. The Labute approximate surface area is 105 Å². The van der Waals surface area contributed by atoms with Gasteiger partial charge in [-0.2, -0.15) is 0 Å². The summed E-state index contributed by atoms with van der Waals surface area (Å²) in [5.74, 6) is 0.239. The number of hydrogen-bond acceptors (Lipinski definition) is 2. The Morgan fingerprint density at radius 1 is 1.18 bits per heavy atom. The Bertz CT molecular complexity index is 398. The molecule has 0 fully saturated rings. The van der Waals surface area contributed by atoms with E-state index in [1.54, 1.807) is 6.92 Å². The second-order valence-corrected chi connectivity index (χ2v) is 5.20. The molecule has 1 atom stereocenters. The molecule has 0 aliphatic rings. The number of hydrogen-bond donors (Lipinski definition) is 0. The van der Waals surface area contributed by atoms with Gasteiger partial charge in [0.15, 0.2) is 0 Å². The van der Waals surface area contributed by atoms with Crippen molar-refractivity contribution in [2.45, 2.75) is 40.2 Å². The van der Waals surface area contributed by atoms with Gasteiger partial charge in [0, 0.05) is 12.5 Å². The number of nitrogens with zero attached hydrogens (tertiary/aromatic N) is 1. The van der Waals surface area contributed by atoms with E-state index in [9.17, 15) is 4.79 Å². The van der Waals surface area contributed by atoms with E-state index in [-0.39, 0.29) is 11.8 Å². The molecule has 17 heavy (non-hydrogen) atoms. The predicted molar refractivity (Wildman–Crippen MR) is 72.4 cm³/mol. The van der Waals surface area contributed by atoms with Gasteiger partial charge in [0.05, 0.1) is 0 Å². The molecule has 0 aliphatic heterocycles. The Hall–Kier alpha value is -1.15. The maximum absolute atomic E-state index is 11.4. The molecular weight excluding hydrogens is 210 g/mol. The van der Waals surface area contributed by atoms with Crippen LogP contribution in [0, 0.1) is 20.8 Å². The SMILES string of the molecule is CC(=O)CC(c1c(C)cc(C)cc1C)N(C)C. The molecule has 1 unspecified atom stereocenters. The van der Waals surface area contributed by atoms with Gasteiger partial charge in [0.2, 0.25) is 0 Å². The summed E-state index contributed by atoms with van der Waals surface area (Å²) in [5.41, 5.74) is 5.14. The molecule has 0 aromatic heterocycles. The monoisotopic (exact) mass is 233 g/mol. The molecule has 2 nitrogen and oxygen atoms in total. The van der Waals surface area contributed by atoms with E-state index >= 15 is 0 Å². The summed E-state index contributed by atoms with van der Waals surface area (Å²) in [6, 6.07) is 4.57. The van der Waals surface area contributed by atoms with Crippen molar-refractivity contribution in [2.24, 2.45) is 0 Å². The minimum absolute atomic E-state index is 0.188. The predicted octanol–water partition coefficient (Wildman–Crippen LogP) is 3.19. The van der Waals surface area contributed by atoms with Gasteiger partial charge in [-0.05, 0) is 58.5 Å². The fourth-order valence-electron chi connectivity index (χ4n) is 2.53. The van der Waals surface area contributed by atoms with Crippen molar-refractivity contribution in [2.75, 3.05) is 14.1 Å². The first-order valence-corrected chi connectivity index (χ1v) is 6.06. The molecule has 0 saturated carbocycles. The van der Waals surface area contributed by atoms with Crippen LogP contribution in [0.15, 0.2) is 12.1 Å². The quantitative estimate of drug-likeness (QED) is 0.796. The van der Waals surface area contributed by atoms with Crippen LogP contribution in [0.2, 0.25) is 0 Å². The van der Waals surface area contributed by atoms with Crippen LogP contribution in [0.5, 0.6) is 0 Å². The number of carbonyl (C=O) groups excluding carboxylic acids is 1. The zero-order valence-electron chi connectivity index (χ0n) is 11.8. The highest BCUT2D eigenvalue weighted by Gasteiger charge is 2.20. The summed E-state index contributed by atoms with van der Waals surface area (Å²) in [6.45, 7) is 8.03. The highest BCUT2D eigenvalue weighted by molar-refractivity contribution is 5.76. The third kappa shape index (κ3) is 3.40. The maximum Gasteiger partial charge on any atom is 0.131 e. The minimum atomic E-state index is 0.188. The highest BCUT2D eigenvalue weighted by atomic mass is 16.1. The van der Waals surface area contributed by atoms with Crippen LogP contribution in [0.3, 0.4) is 0 Å². The number of rotatable bonds is 4. The number of benzene rings is 1. The molecule has 0 heterocycles. The van der Waals surface area contributed by atoms with Crippen molar-refractivity contribution in [3.63, 3.8) is 0 Å². The van der Waals surface area contributed by atoms with Crippen molar-refractivity contribution < 1.29 is 4.79 Å². The Kier molecular flexibility index (Phi) is 4.47. The first-order valence-electron chi connectivity index (χ1n) is 6.06. The lowest BCUT2D eigenvalue weighted by atomic mass is 9.91. The number of Topliss-reactive ketones (excluding diaryl/α,β-unsaturated/α-hetero) is 1. The van der Waals surface area contributed by atoms with E-state index < -0.39 is 0 Å². The van der Waals surface area contributed by atoms with Gasteiger partial charge in [-0.1, -0.05) is 17.7 Å². The van der Waals surface area contributed by atoms with Crippen molar-refractivity contribution >= 4 is 5.78 Å². The van der Waals surface area contributed by atoms with Crippen LogP contribution < -0.4 is 0 Å². The van der Waals surface area contributed by atoms with Crippen LogP contribution >= 0.6 is 0 Å². The van der Waals surface area contributed by atoms with Gasteiger partial charge in [-0.15, -0.1) is 0 Å². The van der Waals surface area contributed by atoms with Crippen LogP contribution in [-0.4, -0.2) is 24.8 Å². The molecule has 0 spiro atoms. The summed E-state index contributed by atoms with van der Waals surface area (Å²) in [5, 5.41) is 0. The van der Waals surface area contributed by atoms with Gasteiger partial charge in [0.1, 0.15) is 5.78 Å². The van der Waals surface area contributed by atoms with Crippen LogP contribution in [0.4, 0.5) is 0 Å².